The van der Waals surface area contributed by atoms with Crippen LogP contribution >= 0.6 is 0 Å². The number of nitrogens with two attached hydrogens (primary N) is 1. The number of carboxylic acid groups (broad SMARTS) is 1. The molecule has 1 aromatic heterocycles. The molecule has 1 aliphatic heterocycles. The van der Waals surface area contributed by atoms with E-state index in [1.807, 2.05) is 0 Å². The van der Waals surface area contributed by atoms with Crippen molar-refractivity contribution in [1.82, 2.24) is 10.1 Å². The molecule has 0 atom stereocenters. The first-order valence-electron chi connectivity index (χ1n) is 7.97. The quantitative estimate of drug-likeness (QED) is 0.835. The summed E-state index contributed by atoms with van der Waals surface area (Å²) >= 11 is 0. The van der Waals surface area contributed by atoms with Crippen molar-refractivity contribution in [3.63, 3.8) is 0 Å². The van der Waals surface area contributed by atoms with Gasteiger partial charge in [0.15, 0.2) is 5.69 Å². The molecule has 3 N–H and O–H groups in total. The van der Waals surface area contributed by atoms with E-state index in [9.17, 15) is 14.4 Å². The van der Waals surface area contributed by atoms with Gasteiger partial charge in [-0.15, -0.1) is 0 Å². The highest BCUT2D eigenvalue weighted by Crippen LogP contribution is 2.51. The number of primary amides is 1. The summed E-state index contributed by atoms with van der Waals surface area (Å²) in [6, 6.07) is 1.16. The minimum Gasteiger partial charge on any atom is -0.465 e. The van der Waals surface area contributed by atoms with E-state index in [1.54, 1.807) is 0 Å². The maximum Gasteiger partial charge on any atom is 0.416 e. The van der Waals surface area contributed by atoms with Crippen molar-refractivity contribution >= 4 is 24.0 Å². The van der Waals surface area contributed by atoms with Crippen LogP contribution in [0, 0.1) is 5.41 Å². The van der Waals surface area contributed by atoms with Crippen LogP contribution in [0.3, 0.4) is 0 Å². The van der Waals surface area contributed by atoms with Crippen molar-refractivity contribution in [2.24, 2.45) is 11.1 Å². The number of piperidine rings is 1. The molecular formula is C15H20N4O6. The molecule has 1 spiro atoms. The molecule has 1 aromatic rings. The molecule has 2 aliphatic rings. The molecule has 3 rings (SSSR count). The molecule has 10 heteroatoms. The molecule has 1 saturated heterocycles. The van der Waals surface area contributed by atoms with Crippen LogP contribution in [0.15, 0.2) is 10.6 Å². The molecule has 1 aliphatic carbocycles. The van der Waals surface area contributed by atoms with E-state index in [4.69, 9.17) is 20.1 Å². The van der Waals surface area contributed by atoms with Crippen LogP contribution in [0.4, 0.5) is 15.5 Å². The molecular weight excluding hydrogens is 332 g/mol. The lowest BCUT2D eigenvalue weighted by Crippen LogP contribution is -2.57. The Hall–Kier alpha value is -2.78. The van der Waals surface area contributed by atoms with E-state index < -0.39 is 18.1 Å². The molecule has 1 saturated carbocycles. The molecule has 0 unspecified atom stereocenters. The molecule has 0 bridgehead atoms. The number of likely N-dealkylation sites (tertiary alicyclic amines) is 1. The first-order chi connectivity index (χ1) is 11.8. The van der Waals surface area contributed by atoms with E-state index in [0.29, 0.717) is 25.9 Å². The SMILES string of the molecule is COC(=O)N(c1cc(C(N)=O)no1)C1CC2(CCN(C(=O)O)CC2)C1. The number of carbonyl (C=O) groups is 3. The summed E-state index contributed by atoms with van der Waals surface area (Å²) in [4.78, 5) is 37.1. The van der Waals surface area contributed by atoms with Gasteiger partial charge in [-0.1, -0.05) is 5.16 Å². The van der Waals surface area contributed by atoms with Crippen molar-refractivity contribution < 1.29 is 28.8 Å². The largest absolute Gasteiger partial charge is 0.465 e. The number of ether oxygens (including phenoxy) is 1. The zero-order valence-electron chi connectivity index (χ0n) is 13.8. The van der Waals surface area contributed by atoms with Crippen LogP contribution in [-0.4, -0.2) is 59.5 Å². The molecule has 25 heavy (non-hydrogen) atoms. The predicted octanol–water partition coefficient (Wildman–Crippen LogP) is 1.27. The molecule has 10 nitrogen and oxygen atoms in total. The van der Waals surface area contributed by atoms with Crippen LogP contribution in [0.25, 0.3) is 0 Å². The van der Waals surface area contributed by atoms with Crippen molar-refractivity contribution in [1.29, 1.82) is 0 Å². The van der Waals surface area contributed by atoms with E-state index in [-0.39, 0.29) is 23.0 Å². The van der Waals surface area contributed by atoms with Gasteiger partial charge in [-0.2, -0.15) is 0 Å². The van der Waals surface area contributed by atoms with Gasteiger partial charge in [-0.25, -0.2) is 14.5 Å². The number of methoxy groups -OCH3 is 1. The van der Waals surface area contributed by atoms with Gasteiger partial charge < -0.3 is 25.0 Å². The zero-order valence-corrected chi connectivity index (χ0v) is 13.8. The lowest BCUT2D eigenvalue weighted by atomic mass is 9.60. The summed E-state index contributed by atoms with van der Waals surface area (Å²) in [7, 11) is 1.26. The molecule has 0 aromatic carbocycles. The van der Waals surface area contributed by atoms with Crippen LogP contribution in [0.1, 0.15) is 36.2 Å². The Morgan fingerprint density at radius 1 is 1.40 bits per heavy atom. The summed E-state index contributed by atoms with van der Waals surface area (Å²) < 4.78 is 9.90. The number of hydrogen-bond donors (Lipinski definition) is 2. The maximum absolute atomic E-state index is 12.2. The average Bonchev–Trinajstić information content (AvgIpc) is 3.03. The Bertz CT molecular complexity index is 686. The Kier molecular flexibility index (Phi) is 4.27. The second-order valence-corrected chi connectivity index (χ2v) is 6.59. The standard InChI is InChI=1S/C15H20N4O6/c1-24-14(23)19(11-6-10(12(16)20)17-25-11)9-7-15(8-9)2-4-18(5-3-15)13(21)22/h6,9H,2-5,7-8H2,1H3,(H2,16,20)(H,21,22). The Morgan fingerprint density at radius 3 is 2.52 bits per heavy atom. The van der Waals surface area contributed by atoms with Crippen molar-refractivity contribution in [3.8, 4) is 0 Å². The minimum absolute atomic E-state index is 0.0232. The fourth-order valence-corrected chi connectivity index (χ4v) is 3.72. The Labute approximate surface area is 143 Å². The molecule has 136 valence electrons. The number of hydrogen-bond acceptors (Lipinski definition) is 6. The molecule has 0 radical (unpaired) electrons. The smallest absolute Gasteiger partial charge is 0.416 e. The monoisotopic (exact) mass is 352 g/mol. The number of carbonyl (C=O) groups excluding carboxylic acids is 2. The van der Waals surface area contributed by atoms with E-state index >= 15 is 0 Å². The number of anilines is 1. The van der Waals surface area contributed by atoms with Gasteiger partial charge >= 0.3 is 12.2 Å². The van der Waals surface area contributed by atoms with Crippen LogP contribution in [0.5, 0.6) is 0 Å². The lowest BCUT2D eigenvalue weighted by Gasteiger charge is -2.53. The number of rotatable bonds is 3. The van der Waals surface area contributed by atoms with Crippen LogP contribution in [0.2, 0.25) is 0 Å². The third kappa shape index (κ3) is 3.11. The normalized spacial score (nSPS) is 19.3. The van der Waals surface area contributed by atoms with Gasteiger partial charge in [0.05, 0.1) is 7.11 Å². The van der Waals surface area contributed by atoms with Gasteiger partial charge in [0.25, 0.3) is 5.91 Å². The average molecular weight is 352 g/mol. The van der Waals surface area contributed by atoms with E-state index in [1.165, 1.54) is 23.0 Å². The second-order valence-electron chi connectivity index (χ2n) is 6.59. The summed E-state index contributed by atoms with van der Waals surface area (Å²) in [6.07, 6.45) is 1.43. The van der Waals surface area contributed by atoms with Gasteiger partial charge in [0.2, 0.25) is 5.88 Å². The zero-order chi connectivity index (χ0) is 18.2. The molecule has 2 heterocycles. The fourth-order valence-electron chi connectivity index (χ4n) is 3.72. The van der Waals surface area contributed by atoms with E-state index in [0.717, 1.165) is 12.8 Å². The maximum atomic E-state index is 12.2. The third-order valence-electron chi connectivity index (χ3n) is 5.16. The van der Waals surface area contributed by atoms with Gasteiger partial charge in [-0.3, -0.25) is 4.79 Å². The van der Waals surface area contributed by atoms with E-state index in [2.05, 4.69) is 5.16 Å². The number of amides is 3. The summed E-state index contributed by atoms with van der Waals surface area (Å²) in [5, 5.41) is 12.6. The van der Waals surface area contributed by atoms with Gasteiger partial charge in [-0.05, 0) is 31.1 Å². The van der Waals surface area contributed by atoms with Crippen molar-refractivity contribution in [3.05, 3.63) is 11.8 Å². The third-order valence-corrected chi connectivity index (χ3v) is 5.16. The first kappa shape index (κ1) is 17.1. The summed E-state index contributed by atoms with van der Waals surface area (Å²) in [6.45, 7) is 0.989. The summed E-state index contributed by atoms with van der Waals surface area (Å²) in [5.41, 5.74) is 5.12. The van der Waals surface area contributed by atoms with Crippen molar-refractivity contribution in [2.45, 2.75) is 31.7 Å². The molecule has 3 amide bonds. The lowest BCUT2D eigenvalue weighted by molar-refractivity contribution is 0.0175. The summed E-state index contributed by atoms with van der Waals surface area (Å²) in [5.74, 6) is -0.630. The number of nitrogens with zero attached hydrogens (tertiary/aromatic N) is 3. The molecule has 2 fully saturated rings. The Balaban J connectivity index is 1.69. The highest BCUT2D eigenvalue weighted by Gasteiger charge is 2.50. The minimum atomic E-state index is -0.900. The van der Waals surface area contributed by atoms with Crippen LogP contribution < -0.4 is 10.6 Å². The van der Waals surface area contributed by atoms with Crippen molar-refractivity contribution in [2.75, 3.05) is 25.1 Å². The highest BCUT2D eigenvalue weighted by molar-refractivity contribution is 5.93. The fraction of sp³-hybridized carbons (Fsp3) is 0.600. The first-order valence-corrected chi connectivity index (χ1v) is 7.97. The predicted molar refractivity (Wildman–Crippen MR) is 84.2 cm³/mol. The highest BCUT2D eigenvalue weighted by atomic mass is 16.6. The Morgan fingerprint density at radius 2 is 2.04 bits per heavy atom. The van der Waals surface area contributed by atoms with Gasteiger partial charge in [0, 0.05) is 25.2 Å². The topological polar surface area (TPSA) is 139 Å². The van der Waals surface area contributed by atoms with Gasteiger partial charge in [0.1, 0.15) is 0 Å². The van der Waals surface area contributed by atoms with Crippen LogP contribution in [-0.2, 0) is 4.74 Å². The second kappa shape index (κ2) is 6.26. The number of aromatic nitrogens is 1.